The number of aryl methyl sites for hydroxylation is 1. The number of nitrogens with zero attached hydrogens (tertiary/aromatic N) is 2. The number of aromatic nitrogens is 2. The highest BCUT2D eigenvalue weighted by atomic mass is 16.5. The lowest BCUT2D eigenvalue weighted by Gasteiger charge is -2.15. The normalized spacial score (nSPS) is 11.0. The van der Waals surface area contributed by atoms with Gasteiger partial charge in [0.25, 0.3) is 0 Å². The smallest absolute Gasteiger partial charge is 0.222 e. The molecule has 1 N–H and O–H groups in total. The zero-order valence-corrected chi connectivity index (χ0v) is 13.7. The summed E-state index contributed by atoms with van der Waals surface area (Å²) in [7, 11) is 3.53. The average Bonchev–Trinajstić information content (AvgIpc) is 2.90. The van der Waals surface area contributed by atoms with Crippen LogP contribution in [0.1, 0.15) is 37.1 Å². The van der Waals surface area contributed by atoms with E-state index in [2.05, 4.69) is 9.97 Å². The third kappa shape index (κ3) is 4.31. The summed E-state index contributed by atoms with van der Waals surface area (Å²) in [6.07, 6.45) is 3.53. The number of imidazole rings is 1. The lowest BCUT2D eigenvalue weighted by atomic mass is 10.2. The molecule has 2 rings (SSSR count). The maximum absolute atomic E-state index is 12.1. The van der Waals surface area contributed by atoms with Gasteiger partial charge in [0.1, 0.15) is 5.82 Å². The molecule has 0 aliphatic carbocycles. The molecular formula is C17H25N3O2. The Labute approximate surface area is 131 Å². The van der Waals surface area contributed by atoms with E-state index in [1.807, 2.05) is 32.2 Å². The third-order valence-electron chi connectivity index (χ3n) is 3.82. The van der Waals surface area contributed by atoms with E-state index in [0.717, 1.165) is 48.3 Å². The molecule has 1 aromatic heterocycles. The zero-order chi connectivity index (χ0) is 15.9. The summed E-state index contributed by atoms with van der Waals surface area (Å²) in [4.78, 5) is 21.7. The number of ether oxygens (including phenoxy) is 1. The van der Waals surface area contributed by atoms with E-state index in [1.165, 1.54) is 0 Å². The van der Waals surface area contributed by atoms with Crippen molar-refractivity contribution in [3.8, 4) is 0 Å². The highest BCUT2D eigenvalue weighted by Gasteiger charge is 2.12. The summed E-state index contributed by atoms with van der Waals surface area (Å²) in [5.41, 5.74) is 3.15. The first-order chi connectivity index (χ1) is 10.6. The van der Waals surface area contributed by atoms with Gasteiger partial charge in [-0.3, -0.25) is 4.79 Å². The topological polar surface area (TPSA) is 58.2 Å². The molecule has 120 valence electrons. The van der Waals surface area contributed by atoms with Crippen molar-refractivity contribution in [2.45, 2.75) is 39.2 Å². The van der Waals surface area contributed by atoms with Crippen LogP contribution in [0.3, 0.4) is 0 Å². The van der Waals surface area contributed by atoms with Crippen LogP contribution in [-0.2, 0) is 16.1 Å². The number of aromatic amines is 1. The minimum atomic E-state index is 0.162. The fourth-order valence-electron chi connectivity index (χ4n) is 2.50. The fraction of sp³-hybridized carbons (Fsp3) is 0.529. The molecule has 0 atom stereocenters. The maximum atomic E-state index is 12.1. The van der Waals surface area contributed by atoms with Crippen molar-refractivity contribution >= 4 is 16.9 Å². The van der Waals surface area contributed by atoms with Gasteiger partial charge in [0.05, 0.1) is 17.6 Å². The van der Waals surface area contributed by atoms with Gasteiger partial charge < -0.3 is 14.6 Å². The van der Waals surface area contributed by atoms with Crippen molar-refractivity contribution in [3.05, 3.63) is 29.6 Å². The third-order valence-corrected chi connectivity index (χ3v) is 3.82. The second kappa shape index (κ2) is 7.94. The van der Waals surface area contributed by atoms with Crippen LogP contribution in [0, 0.1) is 6.92 Å². The molecule has 0 saturated carbocycles. The molecule has 0 radical (unpaired) electrons. The Bertz CT molecular complexity index is 621. The van der Waals surface area contributed by atoms with Gasteiger partial charge in [-0.15, -0.1) is 0 Å². The van der Waals surface area contributed by atoms with E-state index in [-0.39, 0.29) is 5.91 Å². The summed E-state index contributed by atoms with van der Waals surface area (Å²) in [6, 6.07) is 6.06. The largest absolute Gasteiger partial charge is 0.385 e. The van der Waals surface area contributed by atoms with E-state index in [9.17, 15) is 4.79 Å². The van der Waals surface area contributed by atoms with Crippen LogP contribution < -0.4 is 0 Å². The summed E-state index contributed by atoms with van der Waals surface area (Å²) in [6.45, 7) is 3.33. The van der Waals surface area contributed by atoms with Gasteiger partial charge in [0.2, 0.25) is 5.91 Å². The van der Waals surface area contributed by atoms with Gasteiger partial charge in [0, 0.05) is 27.2 Å². The molecule has 0 bridgehead atoms. The van der Waals surface area contributed by atoms with Gasteiger partial charge >= 0.3 is 0 Å². The minimum Gasteiger partial charge on any atom is -0.385 e. The van der Waals surface area contributed by atoms with Gasteiger partial charge in [-0.05, 0) is 31.4 Å². The number of para-hydroxylation sites is 1. The van der Waals surface area contributed by atoms with E-state index in [4.69, 9.17) is 4.74 Å². The Balaban J connectivity index is 1.86. The number of nitrogens with one attached hydrogen (secondary N) is 1. The number of benzene rings is 1. The predicted molar refractivity (Wildman–Crippen MR) is 87.6 cm³/mol. The van der Waals surface area contributed by atoms with E-state index in [1.54, 1.807) is 12.0 Å². The highest BCUT2D eigenvalue weighted by Crippen LogP contribution is 2.16. The number of methoxy groups -OCH3 is 1. The van der Waals surface area contributed by atoms with Gasteiger partial charge in [0.15, 0.2) is 0 Å². The molecule has 1 aromatic carbocycles. The highest BCUT2D eigenvalue weighted by molar-refractivity contribution is 5.79. The van der Waals surface area contributed by atoms with Crippen LogP contribution in [0.5, 0.6) is 0 Å². The Kier molecular flexibility index (Phi) is 5.95. The van der Waals surface area contributed by atoms with Crippen molar-refractivity contribution in [3.63, 3.8) is 0 Å². The predicted octanol–water partition coefficient (Wildman–Crippen LogP) is 3.04. The maximum Gasteiger partial charge on any atom is 0.222 e. The van der Waals surface area contributed by atoms with Crippen molar-refractivity contribution in [1.29, 1.82) is 0 Å². The van der Waals surface area contributed by atoms with Gasteiger partial charge in [-0.1, -0.05) is 18.6 Å². The number of amides is 1. The Morgan fingerprint density at radius 2 is 2.14 bits per heavy atom. The van der Waals surface area contributed by atoms with E-state index in [0.29, 0.717) is 13.0 Å². The number of hydrogen-bond donors (Lipinski definition) is 1. The molecule has 22 heavy (non-hydrogen) atoms. The van der Waals surface area contributed by atoms with Crippen LogP contribution in [-0.4, -0.2) is 41.5 Å². The second-order valence-corrected chi connectivity index (χ2v) is 5.71. The molecule has 0 aliphatic heterocycles. The minimum absolute atomic E-state index is 0.162. The first-order valence-electron chi connectivity index (χ1n) is 7.79. The zero-order valence-electron chi connectivity index (χ0n) is 13.7. The quantitative estimate of drug-likeness (QED) is 0.763. The standard InChI is InChI=1S/C17H25N3O2/c1-13-8-7-9-14-17(13)19-15(18-14)12-20(2)16(21)10-5-4-6-11-22-3/h7-9H,4-6,10-12H2,1-3H3,(H,18,19). The molecular weight excluding hydrogens is 278 g/mol. The number of unbranched alkanes of at least 4 members (excludes halogenated alkanes) is 2. The molecule has 1 heterocycles. The van der Waals surface area contributed by atoms with E-state index >= 15 is 0 Å². The molecule has 0 aliphatic rings. The van der Waals surface area contributed by atoms with Crippen LogP contribution in [0.25, 0.3) is 11.0 Å². The Hall–Kier alpha value is -1.88. The molecule has 5 nitrogen and oxygen atoms in total. The molecule has 5 heteroatoms. The van der Waals surface area contributed by atoms with Crippen molar-refractivity contribution in [1.82, 2.24) is 14.9 Å². The number of rotatable bonds is 8. The number of carbonyl (C=O) groups excluding carboxylic acids is 1. The molecule has 0 spiro atoms. The van der Waals surface area contributed by atoms with Crippen LogP contribution in [0.15, 0.2) is 18.2 Å². The average molecular weight is 303 g/mol. The summed E-state index contributed by atoms with van der Waals surface area (Å²) in [5.74, 6) is 0.995. The Morgan fingerprint density at radius 3 is 2.86 bits per heavy atom. The van der Waals surface area contributed by atoms with Crippen LogP contribution >= 0.6 is 0 Å². The molecule has 0 fully saturated rings. The fourth-order valence-corrected chi connectivity index (χ4v) is 2.50. The summed E-state index contributed by atoms with van der Waals surface area (Å²) >= 11 is 0. The van der Waals surface area contributed by atoms with E-state index < -0.39 is 0 Å². The molecule has 1 amide bonds. The monoisotopic (exact) mass is 303 g/mol. The lowest BCUT2D eigenvalue weighted by Crippen LogP contribution is -2.26. The summed E-state index contributed by atoms with van der Waals surface area (Å²) < 4.78 is 5.01. The summed E-state index contributed by atoms with van der Waals surface area (Å²) in [5, 5.41) is 0. The van der Waals surface area contributed by atoms with Gasteiger partial charge in [-0.25, -0.2) is 4.98 Å². The number of H-pyrrole nitrogens is 1. The Morgan fingerprint density at radius 1 is 1.32 bits per heavy atom. The first kappa shape index (κ1) is 16.5. The van der Waals surface area contributed by atoms with Crippen LogP contribution in [0.2, 0.25) is 0 Å². The van der Waals surface area contributed by atoms with Crippen molar-refractivity contribution in [2.75, 3.05) is 20.8 Å². The van der Waals surface area contributed by atoms with Crippen molar-refractivity contribution in [2.24, 2.45) is 0 Å². The van der Waals surface area contributed by atoms with Crippen LogP contribution in [0.4, 0.5) is 0 Å². The first-order valence-corrected chi connectivity index (χ1v) is 7.79. The molecule has 0 saturated heterocycles. The molecule has 0 unspecified atom stereocenters. The SMILES string of the molecule is COCCCCCC(=O)N(C)Cc1nc2c(C)cccc2[nH]1. The van der Waals surface area contributed by atoms with Crippen molar-refractivity contribution < 1.29 is 9.53 Å². The number of hydrogen-bond acceptors (Lipinski definition) is 3. The molecule has 2 aromatic rings. The second-order valence-electron chi connectivity index (χ2n) is 5.71. The lowest BCUT2D eigenvalue weighted by molar-refractivity contribution is -0.130. The number of fused-ring (bicyclic) bond motifs is 1. The number of carbonyl (C=O) groups is 1. The van der Waals surface area contributed by atoms with Gasteiger partial charge in [-0.2, -0.15) is 0 Å².